The molecule has 0 aliphatic heterocycles. The van der Waals surface area contributed by atoms with Gasteiger partial charge >= 0.3 is 0 Å². The third kappa shape index (κ3) is 4.28. The van der Waals surface area contributed by atoms with Crippen LogP contribution < -0.4 is 5.32 Å². The fourth-order valence-electron chi connectivity index (χ4n) is 1.71. The van der Waals surface area contributed by atoms with Gasteiger partial charge in [0, 0.05) is 11.6 Å². The second kappa shape index (κ2) is 6.35. The van der Waals surface area contributed by atoms with Crippen molar-refractivity contribution in [2.75, 3.05) is 5.32 Å². The van der Waals surface area contributed by atoms with E-state index in [0.29, 0.717) is 0 Å². The molecule has 1 N–H and O–H groups in total. The largest absolute Gasteiger partial charge is 0.324 e. The summed E-state index contributed by atoms with van der Waals surface area (Å²) in [5, 5.41) is 2.93. The van der Waals surface area contributed by atoms with Crippen LogP contribution >= 0.6 is 0 Å². The number of hydrogen-bond donors (Lipinski definition) is 1. The number of benzene rings is 1. The maximum absolute atomic E-state index is 12.1. The molecule has 0 aliphatic rings. The van der Waals surface area contributed by atoms with Gasteiger partial charge in [-0.1, -0.05) is 57.2 Å². The molecule has 0 fully saturated rings. The SMILES string of the molecule is CC(C)(C)C(=O)Nc1cccnc1/C=C/c1ccccc1. The normalized spacial score (nSPS) is 11.6. The van der Waals surface area contributed by atoms with Gasteiger partial charge in [-0.05, 0) is 23.8 Å². The molecule has 3 nitrogen and oxygen atoms in total. The minimum atomic E-state index is -0.434. The fourth-order valence-corrected chi connectivity index (χ4v) is 1.71. The molecule has 0 bridgehead atoms. The van der Waals surface area contributed by atoms with Gasteiger partial charge in [0.2, 0.25) is 5.91 Å². The lowest BCUT2D eigenvalue weighted by Crippen LogP contribution is -2.28. The lowest BCUT2D eigenvalue weighted by molar-refractivity contribution is -0.123. The number of nitrogens with zero attached hydrogens (tertiary/aromatic N) is 1. The Labute approximate surface area is 125 Å². The van der Waals surface area contributed by atoms with E-state index in [4.69, 9.17) is 0 Å². The molecule has 21 heavy (non-hydrogen) atoms. The number of amides is 1. The van der Waals surface area contributed by atoms with E-state index in [1.807, 2.05) is 75.4 Å². The summed E-state index contributed by atoms with van der Waals surface area (Å²) in [4.78, 5) is 16.4. The smallest absolute Gasteiger partial charge is 0.229 e. The highest BCUT2D eigenvalue weighted by atomic mass is 16.2. The van der Waals surface area contributed by atoms with Crippen molar-refractivity contribution in [2.45, 2.75) is 20.8 Å². The monoisotopic (exact) mass is 280 g/mol. The van der Waals surface area contributed by atoms with Crippen molar-refractivity contribution in [2.24, 2.45) is 5.41 Å². The quantitative estimate of drug-likeness (QED) is 0.913. The van der Waals surface area contributed by atoms with Crippen molar-refractivity contribution in [3.8, 4) is 0 Å². The van der Waals surface area contributed by atoms with Gasteiger partial charge in [0.15, 0.2) is 0 Å². The summed E-state index contributed by atoms with van der Waals surface area (Å²) in [6.07, 6.45) is 5.61. The van der Waals surface area contributed by atoms with Gasteiger partial charge in [-0.25, -0.2) is 0 Å². The molecule has 108 valence electrons. The van der Waals surface area contributed by atoms with Crippen molar-refractivity contribution in [1.82, 2.24) is 4.98 Å². The lowest BCUT2D eigenvalue weighted by Gasteiger charge is -2.18. The maximum atomic E-state index is 12.1. The summed E-state index contributed by atoms with van der Waals surface area (Å²) < 4.78 is 0. The first-order valence-electron chi connectivity index (χ1n) is 6.96. The molecule has 1 amide bonds. The molecular formula is C18H20N2O. The molecule has 0 unspecified atom stereocenters. The topological polar surface area (TPSA) is 42.0 Å². The standard InChI is InChI=1S/C18H20N2O/c1-18(2,3)17(21)20-16-10-7-13-19-15(16)12-11-14-8-5-4-6-9-14/h4-13H,1-3H3,(H,20,21)/b12-11+. The molecule has 2 rings (SSSR count). The molecule has 1 heterocycles. The predicted octanol–water partition coefficient (Wildman–Crippen LogP) is 4.24. The number of pyridine rings is 1. The third-order valence-corrected chi connectivity index (χ3v) is 3.00. The van der Waals surface area contributed by atoms with Crippen molar-refractivity contribution in [1.29, 1.82) is 0 Å². The van der Waals surface area contributed by atoms with Crippen LogP contribution in [-0.4, -0.2) is 10.9 Å². The maximum Gasteiger partial charge on any atom is 0.229 e. The highest BCUT2D eigenvalue weighted by Crippen LogP contribution is 2.20. The molecule has 3 heteroatoms. The molecule has 2 aromatic rings. The predicted molar refractivity (Wildman–Crippen MR) is 87.7 cm³/mol. The number of anilines is 1. The van der Waals surface area contributed by atoms with Crippen molar-refractivity contribution in [3.05, 3.63) is 59.9 Å². The molecule has 0 saturated carbocycles. The van der Waals surface area contributed by atoms with Crippen molar-refractivity contribution < 1.29 is 4.79 Å². The van der Waals surface area contributed by atoms with Crippen LogP contribution in [0, 0.1) is 5.41 Å². The first-order chi connectivity index (χ1) is 9.97. The number of carbonyl (C=O) groups excluding carboxylic acids is 1. The molecule has 0 atom stereocenters. The zero-order valence-corrected chi connectivity index (χ0v) is 12.6. The molecule has 1 aromatic carbocycles. The summed E-state index contributed by atoms with van der Waals surface area (Å²) in [7, 11) is 0. The molecule has 0 saturated heterocycles. The van der Waals surface area contributed by atoms with Gasteiger partial charge in [-0.3, -0.25) is 9.78 Å². The van der Waals surface area contributed by atoms with E-state index in [2.05, 4.69) is 10.3 Å². The Kier molecular flexibility index (Phi) is 4.53. The Bertz CT molecular complexity index is 640. The van der Waals surface area contributed by atoms with Crippen molar-refractivity contribution in [3.63, 3.8) is 0 Å². The van der Waals surface area contributed by atoms with Gasteiger partial charge in [-0.15, -0.1) is 0 Å². The molecular weight excluding hydrogens is 260 g/mol. The second-order valence-electron chi connectivity index (χ2n) is 5.88. The van der Waals surface area contributed by atoms with Crippen LogP contribution in [0.15, 0.2) is 48.7 Å². The number of nitrogens with one attached hydrogen (secondary N) is 1. The van der Waals surface area contributed by atoms with Crippen LogP contribution in [0.5, 0.6) is 0 Å². The Morgan fingerprint density at radius 1 is 1.05 bits per heavy atom. The fraction of sp³-hybridized carbons (Fsp3) is 0.222. The summed E-state index contributed by atoms with van der Waals surface area (Å²) in [6.45, 7) is 5.66. The van der Waals surface area contributed by atoms with E-state index in [-0.39, 0.29) is 5.91 Å². The first kappa shape index (κ1) is 15.0. The van der Waals surface area contributed by atoms with E-state index >= 15 is 0 Å². The molecule has 1 aromatic heterocycles. The number of aromatic nitrogens is 1. The van der Waals surface area contributed by atoms with Gasteiger partial charge in [0.25, 0.3) is 0 Å². The zero-order valence-electron chi connectivity index (χ0n) is 12.6. The van der Waals surface area contributed by atoms with E-state index < -0.39 is 5.41 Å². The minimum Gasteiger partial charge on any atom is -0.324 e. The average molecular weight is 280 g/mol. The summed E-state index contributed by atoms with van der Waals surface area (Å²) in [5.74, 6) is -0.0233. The lowest BCUT2D eigenvalue weighted by atomic mass is 9.95. The second-order valence-corrected chi connectivity index (χ2v) is 5.88. The molecule has 0 radical (unpaired) electrons. The van der Waals surface area contributed by atoms with Gasteiger partial charge in [-0.2, -0.15) is 0 Å². The van der Waals surface area contributed by atoms with E-state index in [1.165, 1.54) is 0 Å². The number of carbonyl (C=O) groups is 1. The number of hydrogen-bond acceptors (Lipinski definition) is 2. The van der Waals surface area contributed by atoms with E-state index in [9.17, 15) is 4.79 Å². The Hall–Kier alpha value is -2.42. The van der Waals surface area contributed by atoms with Gasteiger partial charge in [0.1, 0.15) is 0 Å². The highest BCUT2D eigenvalue weighted by Gasteiger charge is 2.21. The summed E-state index contributed by atoms with van der Waals surface area (Å²) in [5.41, 5.74) is 2.13. The molecule has 0 spiro atoms. The van der Waals surface area contributed by atoms with Crippen LogP contribution in [0.2, 0.25) is 0 Å². The summed E-state index contributed by atoms with van der Waals surface area (Å²) >= 11 is 0. The average Bonchev–Trinajstić information content (AvgIpc) is 2.46. The Morgan fingerprint density at radius 3 is 2.43 bits per heavy atom. The summed E-state index contributed by atoms with van der Waals surface area (Å²) in [6, 6.07) is 13.7. The number of rotatable bonds is 3. The van der Waals surface area contributed by atoms with Crippen LogP contribution in [0.25, 0.3) is 12.2 Å². The van der Waals surface area contributed by atoms with Crippen molar-refractivity contribution >= 4 is 23.7 Å². The van der Waals surface area contributed by atoms with Crippen LogP contribution in [0.3, 0.4) is 0 Å². The zero-order chi connectivity index (χ0) is 15.3. The van der Waals surface area contributed by atoms with E-state index in [0.717, 1.165) is 16.9 Å². The van der Waals surface area contributed by atoms with Crippen LogP contribution in [-0.2, 0) is 4.79 Å². The van der Waals surface area contributed by atoms with E-state index in [1.54, 1.807) is 6.20 Å². The van der Waals surface area contributed by atoms with Gasteiger partial charge < -0.3 is 5.32 Å². The Balaban J connectivity index is 2.21. The third-order valence-electron chi connectivity index (χ3n) is 3.00. The van der Waals surface area contributed by atoms with Gasteiger partial charge in [0.05, 0.1) is 11.4 Å². The first-order valence-corrected chi connectivity index (χ1v) is 6.96. The highest BCUT2D eigenvalue weighted by molar-refractivity contribution is 5.96. The Morgan fingerprint density at radius 2 is 1.76 bits per heavy atom. The van der Waals surface area contributed by atoms with Crippen LogP contribution in [0.1, 0.15) is 32.0 Å². The molecule has 0 aliphatic carbocycles. The van der Waals surface area contributed by atoms with Crippen LogP contribution in [0.4, 0.5) is 5.69 Å². The minimum absolute atomic E-state index is 0.0233.